The van der Waals surface area contributed by atoms with E-state index in [0.29, 0.717) is 31.1 Å². The highest BCUT2D eigenvalue weighted by atomic mass is 16.6. The average molecular weight is 560 g/mol. The van der Waals surface area contributed by atoms with E-state index >= 15 is 0 Å². The second kappa shape index (κ2) is 11.3. The maximum Gasteiger partial charge on any atom is 0.410 e. The van der Waals surface area contributed by atoms with Crippen LogP contribution in [0.15, 0.2) is 54.9 Å². The predicted molar refractivity (Wildman–Crippen MR) is 157 cm³/mol. The van der Waals surface area contributed by atoms with Gasteiger partial charge in [-0.05, 0) is 51.5 Å². The lowest BCUT2D eigenvalue weighted by Gasteiger charge is -2.42. The SMILES string of the molecule is COc1ccc(CN2C(=O)CCN(c3cncc4c(N5CCN(C(=O)OC(C)(C)C)C[C@H]5C)cccc34)C2=O)cc1. The van der Waals surface area contributed by atoms with Crippen LogP contribution >= 0.6 is 0 Å². The van der Waals surface area contributed by atoms with Gasteiger partial charge in [0.15, 0.2) is 0 Å². The van der Waals surface area contributed by atoms with Crippen LogP contribution in [-0.4, -0.2) is 77.7 Å². The molecule has 3 heterocycles. The van der Waals surface area contributed by atoms with E-state index in [0.717, 1.165) is 22.0 Å². The molecule has 2 saturated heterocycles. The van der Waals surface area contributed by atoms with Gasteiger partial charge < -0.3 is 19.3 Å². The van der Waals surface area contributed by atoms with Crippen LogP contribution in [0.2, 0.25) is 0 Å². The highest BCUT2D eigenvalue weighted by Gasteiger charge is 2.35. The molecule has 0 N–H and O–H groups in total. The molecular weight excluding hydrogens is 522 g/mol. The fourth-order valence-electron chi connectivity index (χ4n) is 5.42. The smallest absolute Gasteiger partial charge is 0.410 e. The lowest BCUT2D eigenvalue weighted by Crippen LogP contribution is -2.54. The van der Waals surface area contributed by atoms with Crippen LogP contribution < -0.4 is 14.5 Å². The Hall–Kier alpha value is -4.34. The van der Waals surface area contributed by atoms with E-state index in [4.69, 9.17) is 9.47 Å². The van der Waals surface area contributed by atoms with Crippen LogP contribution in [0.4, 0.5) is 21.0 Å². The Kier molecular flexibility index (Phi) is 7.75. The second-order valence-corrected chi connectivity index (χ2v) is 11.5. The lowest BCUT2D eigenvalue weighted by molar-refractivity contribution is -0.129. The quantitative estimate of drug-likeness (QED) is 0.432. The molecular formula is C31H37N5O5. The summed E-state index contributed by atoms with van der Waals surface area (Å²) in [5, 5.41) is 1.79. The number of fused-ring (bicyclic) bond motifs is 1. The summed E-state index contributed by atoms with van der Waals surface area (Å²) in [6.45, 7) is 9.86. The molecule has 41 heavy (non-hydrogen) atoms. The predicted octanol–water partition coefficient (Wildman–Crippen LogP) is 5.05. The molecule has 5 rings (SSSR count). The van der Waals surface area contributed by atoms with Crippen LogP contribution in [0.3, 0.4) is 0 Å². The molecule has 1 atom stereocenters. The topological polar surface area (TPSA) is 95.5 Å². The Morgan fingerprint density at radius 2 is 1.73 bits per heavy atom. The van der Waals surface area contributed by atoms with Crippen LogP contribution in [0.1, 0.15) is 39.7 Å². The molecule has 216 valence electrons. The van der Waals surface area contributed by atoms with Gasteiger partial charge >= 0.3 is 12.1 Å². The minimum Gasteiger partial charge on any atom is -0.497 e. The van der Waals surface area contributed by atoms with Crippen molar-refractivity contribution in [1.29, 1.82) is 0 Å². The molecule has 10 nitrogen and oxygen atoms in total. The largest absolute Gasteiger partial charge is 0.497 e. The number of imide groups is 1. The van der Waals surface area contributed by atoms with Gasteiger partial charge in [-0.25, -0.2) is 9.59 Å². The zero-order valence-corrected chi connectivity index (χ0v) is 24.3. The van der Waals surface area contributed by atoms with Crippen molar-refractivity contribution in [2.75, 3.05) is 43.1 Å². The van der Waals surface area contributed by atoms with Gasteiger partial charge in [0, 0.05) is 61.3 Å². The summed E-state index contributed by atoms with van der Waals surface area (Å²) in [6.07, 6.45) is 3.43. The number of anilines is 2. The molecule has 0 aliphatic carbocycles. The van der Waals surface area contributed by atoms with E-state index < -0.39 is 5.60 Å². The van der Waals surface area contributed by atoms with Crippen LogP contribution in [0.5, 0.6) is 5.75 Å². The molecule has 10 heteroatoms. The molecule has 4 amide bonds. The monoisotopic (exact) mass is 559 g/mol. The number of carbonyl (C=O) groups is 3. The highest BCUT2D eigenvalue weighted by Crippen LogP contribution is 2.35. The summed E-state index contributed by atoms with van der Waals surface area (Å²) < 4.78 is 10.8. The van der Waals surface area contributed by atoms with Crippen molar-refractivity contribution in [2.45, 2.75) is 52.3 Å². The fraction of sp³-hybridized carbons (Fsp3) is 0.419. The molecule has 0 unspecified atom stereocenters. The number of methoxy groups -OCH3 is 1. The molecule has 0 radical (unpaired) electrons. The van der Waals surface area contributed by atoms with Crippen LogP contribution in [-0.2, 0) is 16.1 Å². The number of nitrogens with zero attached hydrogens (tertiary/aromatic N) is 5. The van der Waals surface area contributed by atoms with E-state index in [1.165, 1.54) is 4.90 Å². The van der Waals surface area contributed by atoms with Gasteiger partial charge in [0.2, 0.25) is 5.91 Å². The molecule has 0 spiro atoms. The van der Waals surface area contributed by atoms with E-state index in [-0.39, 0.29) is 43.6 Å². The zero-order chi connectivity index (χ0) is 29.3. The minimum atomic E-state index is -0.546. The number of pyridine rings is 1. The van der Waals surface area contributed by atoms with E-state index in [1.54, 1.807) is 23.1 Å². The first-order chi connectivity index (χ1) is 19.6. The summed E-state index contributed by atoms with van der Waals surface area (Å²) in [7, 11) is 1.60. The Balaban J connectivity index is 1.39. The summed E-state index contributed by atoms with van der Waals surface area (Å²) in [5.74, 6) is 0.512. The number of rotatable bonds is 5. The molecule has 2 aromatic carbocycles. The number of hydrogen-bond donors (Lipinski definition) is 0. The standard InChI is InChI=1S/C31H37N5O5/c1-21-19-33(30(39)41-31(2,3)4)15-16-34(21)26-8-6-7-24-25(26)17-32-18-27(24)35-14-13-28(37)36(29(35)38)20-22-9-11-23(40-5)12-10-22/h6-12,17-18,21H,13-16,19-20H2,1-5H3/t21-/m1/s1. The molecule has 2 aliphatic heterocycles. The molecule has 1 aromatic heterocycles. The number of carbonyl (C=O) groups excluding carboxylic acids is 3. The van der Waals surface area contributed by atoms with Crippen LogP contribution in [0, 0.1) is 0 Å². The number of urea groups is 1. The number of aromatic nitrogens is 1. The molecule has 2 fully saturated rings. The zero-order valence-electron chi connectivity index (χ0n) is 24.3. The van der Waals surface area contributed by atoms with Crippen molar-refractivity contribution in [2.24, 2.45) is 0 Å². The minimum absolute atomic E-state index is 0.0414. The second-order valence-electron chi connectivity index (χ2n) is 11.5. The Bertz CT molecular complexity index is 1450. The van der Waals surface area contributed by atoms with Gasteiger partial charge in [0.05, 0.1) is 25.5 Å². The van der Waals surface area contributed by atoms with Gasteiger partial charge in [0.25, 0.3) is 0 Å². The number of piperazine rings is 1. The van der Waals surface area contributed by atoms with Gasteiger partial charge in [-0.2, -0.15) is 0 Å². The van der Waals surface area contributed by atoms with Gasteiger partial charge in [-0.1, -0.05) is 24.3 Å². The normalized spacial score (nSPS) is 18.2. The van der Waals surface area contributed by atoms with Gasteiger partial charge in [-0.3, -0.25) is 19.6 Å². The first-order valence-corrected chi connectivity index (χ1v) is 13.9. The van der Waals surface area contributed by atoms with Gasteiger partial charge in [0.1, 0.15) is 11.4 Å². The molecule has 3 aromatic rings. The van der Waals surface area contributed by atoms with Crippen molar-refractivity contribution >= 4 is 40.2 Å². The summed E-state index contributed by atoms with van der Waals surface area (Å²) >= 11 is 0. The average Bonchev–Trinajstić information content (AvgIpc) is 2.94. The summed E-state index contributed by atoms with van der Waals surface area (Å²) in [6, 6.07) is 13.0. The third-order valence-corrected chi connectivity index (χ3v) is 7.45. The number of amides is 4. The highest BCUT2D eigenvalue weighted by molar-refractivity contribution is 6.11. The third-order valence-electron chi connectivity index (χ3n) is 7.45. The summed E-state index contributed by atoms with van der Waals surface area (Å²) in [5.41, 5.74) is 1.95. The van der Waals surface area contributed by atoms with Crippen molar-refractivity contribution in [3.05, 3.63) is 60.4 Å². The van der Waals surface area contributed by atoms with E-state index in [9.17, 15) is 14.4 Å². The van der Waals surface area contributed by atoms with Crippen molar-refractivity contribution in [3.8, 4) is 5.75 Å². The third kappa shape index (κ3) is 5.91. The van der Waals surface area contributed by atoms with Gasteiger partial charge in [-0.15, -0.1) is 0 Å². The van der Waals surface area contributed by atoms with Crippen molar-refractivity contribution in [3.63, 3.8) is 0 Å². The van der Waals surface area contributed by atoms with Crippen molar-refractivity contribution < 1.29 is 23.9 Å². The number of benzene rings is 2. The maximum absolute atomic E-state index is 13.7. The fourth-order valence-corrected chi connectivity index (χ4v) is 5.42. The first kappa shape index (κ1) is 28.2. The van der Waals surface area contributed by atoms with Crippen molar-refractivity contribution in [1.82, 2.24) is 14.8 Å². The number of hydrogen-bond acceptors (Lipinski definition) is 7. The Morgan fingerprint density at radius 1 is 0.976 bits per heavy atom. The summed E-state index contributed by atoms with van der Waals surface area (Å²) in [4.78, 5) is 50.6. The number of ether oxygens (including phenoxy) is 2. The Labute approximate surface area is 240 Å². The van der Waals surface area contributed by atoms with E-state index in [2.05, 4.69) is 16.8 Å². The lowest BCUT2D eigenvalue weighted by atomic mass is 10.1. The molecule has 0 saturated carbocycles. The molecule has 2 aliphatic rings. The van der Waals surface area contributed by atoms with E-state index in [1.807, 2.05) is 69.4 Å². The Morgan fingerprint density at radius 3 is 2.41 bits per heavy atom. The van der Waals surface area contributed by atoms with Crippen LogP contribution in [0.25, 0.3) is 10.8 Å². The first-order valence-electron chi connectivity index (χ1n) is 13.9. The maximum atomic E-state index is 13.7. The molecule has 0 bridgehead atoms.